The lowest BCUT2D eigenvalue weighted by Gasteiger charge is -2.41. The summed E-state index contributed by atoms with van der Waals surface area (Å²) in [4.78, 5) is 14.2. The van der Waals surface area contributed by atoms with E-state index in [-0.39, 0.29) is 19.1 Å². The lowest BCUT2D eigenvalue weighted by Crippen LogP contribution is -2.65. The molecule has 116 valence electrons. The Morgan fingerprint density at radius 3 is 2.86 bits per heavy atom. The molecule has 9 heteroatoms. The van der Waals surface area contributed by atoms with Crippen LogP contribution in [0.2, 0.25) is 0 Å². The first-order valence-electron chi connectivity index (χ1n) is 6.80. The van der Waals surface area contributed by atoms with Crippen molar-refractivity contribution in [2.75, 3.05) is 13.2 Å². The first kappa shape index (κ1) is 14.6. The number of nitrogens with zero attached hydrogens (tertiary/aromatic N) is 3. The van der Waals surface area contributed by atoms with Gasteiger partial charge in [0, 0.05) is 11.8 Å². The molecule has 3 heterocycles. The SMILES string of the molecule is CC(=O)N[C@@H]1C2OC(C)(C)O[C@H]2[C@]2(CN=[N+]=[N-])CO[C@H]1O2. The van der Waals surface area contributed by atoms with Crippen molar-refractivity contribution in [3.8, 4) is 0 Å². The van der Waals surface area contributed by atoms with E-state index in [0.29, 0.717) is 0 Å². The van der Waals surface area contributed by atoms with Crippen molar-refractivity contribution < 1.29 is 23.7 Å². The Labute approximate surface area is 121 Å². The van der Waals surface area contributed by atoms with Crippen LogP contribution in [0.4, 0.5) is 0 Å². The van der Waals surface area contributed by atoms with E-state index in [1.54, 1.807) is 13.8 Å². The zero-order valence-corrected chi connectivity index (χ0v) is 12.1. The number of rotatable bonds is 3. The van der Waals surface area contributed by atoms with Crippen LogP contribution in [-0.2, 0) is 23.7 Å². The van der Waals surface area contributed by atoms with Gasteiger partial charge in [0.2, 0.25) is 5.91 Å². The van der Waals surface area contributed by atoms with Gasteiger partial charge in [-0.2, -0.15) is 0 Å². The predicted molar refractivity (Wildman–Crippen MR) is 69.0 cm³/mol. The van der Waals surface area contributed by atoms with E-state index in [0.717, 1.165) is 0 Å². The summed E-state index contributed by atoms with van der Waals surface area (Å²) in [5.41, 5.74) is 7.70. The summed E-state index contributed by atoms with van der Waals surface area (Å²) < 4.78 is 23.4. The Morgan fingerprint density at radius 1 is 1.43 bits per heavy atom. The molecule has 3 saturated heterocycles. The molecule has 0 spiro atoms. The number of fused-ring (bicyclic) bond motifs is 4. The maximum atomic E-state index is 11.4. The van der Waals surface area contributed by atoms with E-state index in [1.807, 2.05) is 0 Å². The van der Waals surface area contributed by atoms with Gasteiger partial charge in [-0.15, -0.1) is 0 Å². The van der Waals surface area contributed by atoms with Crippen LogP contribution in [0.3, 0.4) is 0 Å². The average Bonchev–Trinajstić information content (AvgIpc) is 2.93. The molecule has 5 atom stereocenters. The van der Waals surface area contributed by atoms with Gasteiger partial charge >= 0.3 is 0 Å². The molecule has 0 saturated carbocycles. The molecule has 9 nitrogen and oxygen atoms in total. The summed E-state index contributed by atoms with van der Waals surface area (Å²) in [6, 6.07) is -0.462. The number of hydrogen-bond acceptors (Lipinski definition) is 6. The second-order valence-electron chi connectivity index (χ2n) is 6.00. The third-order valence-electron chi connectivity index (χ3n) is 3.91. The van der Waals surface area contributed by atoms with Gasteiger partial charge in [-0.3, -0.25) is 4.79 Å². The molecule has 2 bridgehead atoms. The molecule has 0 aromatic carbocycles. The summed E-state index contributed by atoms with van der Waals surface area (Å²) in [6.45, 7) is 5.34. The normalized spacial score (nSPS) is 43.0. The number of azide groups is 1. The molecule has 0 aromatic heterocycles. The van der Waals surface area contributed by atoms with Gasteiger partial charge in [-0.25, -0.2) is 0 Å². The van der Waals surface area contributed by atoms with E-state index in [9.17, 15) is 4.79 Å². The third-order valence-corrected chi connectivity index (χ3v) is 3.91. The Morgan fingerprint density at radius 2 is 2.19 bits per heavy atom. The van der Waals surface area contributed by atoms with Crippen molar-refractivity contribution >= 4 is 5.91 Å². The lowest BCUT2D eigenvalue weighted by molar-refractivity contribution is -0.193. The average molecular weight is 298 g/mol. The predicted octanol–water partition coefficient (Wildman–Crippen LogP) is 0.447. The Balaban J connectivity index is 1.93. The van der Waals surface area contributed by atoms with E-state index < -0.39 is 35.9 Å². The molecule has 1 amide bonds. The molecule has 3 aliphatic heterocycles. The number of carbonyl (C=O) groups is 1. The van der Waals surface area contributed by atoms with Crippen LogP contribution < -0.4 is 5.32 Å². The standard InChI is InChI=1S/C12H18N4O5/c1-6(17)15-7-8-9(20-11(2,3)19-8)12(4-14-16-13)5-18-10(7)21-12/h7-10H,4-5H2,1-3H3,(H,15,17)/t7-,8?,9-,10+,12+/m1/s1. The van der Waals surface area contributed by atoms with Crippen molar-refractivity contribution in [1.82, 2.24) is 5.32 Å². The molecular weight excluding hydrogens is 280 g/mol. The van der Waals surface area contributed by atoms with Gasteiger partial charge in [0.15, 0.2) is 12.1 Å². The van der Waals surface area contributed by atoms with E-state index >= 15 is 0 Å². The highest BCUT2D eigenvalue weighted by Gasteiger charge is 2.65. The number of carbonyl (C=O) groups excluding carboxylic acids is 1. The highest BCUT2D eigenvalue weighted by atomic mass is 16.8. The molecule has 1 unspecified atom stereocenters. The summed E-state index contributed by atoms with van der Waals surface area (Å²) in [5.74, 6) is -1.00. The second-order valence-corrected chi connectivity index (χ2v) is 6.00. The topological polar surface area (TPSA) is 115 Å². The maximum Gasteiger partial charge on any atom is 0.217 e. The fourth-order valence-corrected chi connectivity index (χ4v) is 3.17. The Hall–Kier alpha value is -1.38. The van der Waals surface area contributed by atoms with Gasteiger partial charge in [0.05, 0.1) is 13.2 Å². The van der Waals surface area contributed by atoms with E-state index in [2.05, 4.69) is 15.3 Å². The highest BCUT2D eigenvalue weighted by Crippen LogP contribution is 2.46. The molecule has 0 aromatic rings. The van der Waals surface area contributed by atoms with Crippen molar-refractivity contribution in [3.05, 3.63) is 10.4 Å². The quantitative estimate of drug-likeness (QED) is 0.461. The molecule has 0 radical (unpaired) electrons. The molecular formula is C12H18N4O5. The summed E-state index contributed by atoms with van der Waals surface area (Å²) >= 11 is 0. The van der Waals surface area contributed by atoms with Gasteiger partial charge in [-0.05, 0) is 19.4 Å². The summed E-state index contributed by atoms with van der Waals surface area (Å²) in [7, 11) is 0. The molecule has 21 heavy (non-hydrogen) atoms. The second kappa shape index (κ2) is 4.82. The van der Waals surface area contributed by atoms with Gasteiger partial charge in [0.1, 0.15) is 23.9 Å². The third kappa shape index (κ3) is 2.37. The number of amides is 1. The smallest absolute Gasteiger partial charge is 0.217 e. The van der Waals surface area contributed by atoms with Crippen LogP contribution in [0.5, 0.6) is 0 Å². The van der Waals surface area contributed by atoms with Crippen LogP contribution in [0.25, 0.3) is 10.4 Å². The summed E-state index contributed by atoms with van der Waals surface area (Å²) in [5, 5.41) is 6.41. The molecule has 1 N–H and O–H groups in total. The molecule has 0 aliphatic carbocycles. The fraction of sp³-hybridized carbons (Fsp3) is 0.917. The minimum atomic E-state index is -0.871. The highest BCUT2D eigenvalue weighted by molar-refractivity contribution is 5.73. The van der Waals surface area contributed by atoms with Gasteiger partial charge in [-0.1, -0.05) is 5.11 Å². The van der Waals surface area contributed by atoms with Crippen LogP contribution in [0.15, 0.2) is 5.11 Å². The van der Waals surface area contributed by atoms with Crippen LogP contribution in [0.1, 0.15) is 20.8 Å². The fourth-order valence-electron chi connectivity index (χ4n) is 3.17. The van der Waals surface area contributed by atoms with Crippen molar-refractivity contribution in [3.63, 3.8) is 0 Å². The number of nitrogens with one attached hydrogen (secondary N) is 1. The number of hydrogen-bond donors (Lipinski definition) is 1. The van der Waals surface area contributed by atoms with Gasteiger partial charge < -0.3 is 24.3 Å². The molecule has 3 rings (SSSR count). The minimum absolute atomic E-state index is 0.0907. The van der Waals surface area contributed by atoms with Crippen LogP contribution in [0, 0.1) is 0 Å². The van der Waals surface area contributed by atoms with Crippen molar-refractivity contribution in [2.24, 2.45) is 5.11 Å². The molecule has 3 fully saturated rings. The minimum Gasteiger partial charge on any atom is -0.347 e. The largest absolute Gasteiger partial charge is 0.347 e. The van der Waals surface area contributed by atoms with Crippen LogP contribution >= 0.6 is 0 Å². The Kier molecular flexibility index (Phi) is 3.34. The summed E-state index contributed by atoms with van der Waals surface area (Å²) in [6.07, 6.45) is -1.53. The molecule has 3 aliphatic rings. The van der Waals surface area contributed by atoms with Gasteiger partial charge in [0.25, 0.3) is 0 Å². The van der Waals surface area contributed by atoms with Crippen LogP contribution in [-0.4, -0.2) is 55.0 Å². The van der Waals surface area contributed by atoms with E-state index in [4.69, 9.17) is 24.5 Å². The van der Waals surface area contributed by atoms with Crippen molar-refractivity contribution in [1.29, 1.82) is 0 Å². The lowest BCUT2D eigenvalue weighted by atomic mass is 9.88. The first-order chi connectivity index (χ1) is 9.87. The Bertz CT molecular complexity index is 506. The zero-order valence-electron chi connectivity index (χ0n) is 12.1. The number of ether oxygens (including phenoxy) is 4. The monoisotopic (exact) mass is 298 g/mol. The maximum absolute atomic E-state index is 11.4. The van der Waals surface area contributed by atoms with Crippen molar-refractivity contribution in [2.45, 2.75) is 56.7 Å². The van der Waals surface area contributed by atoms with E-state index in [1.165, 1.54) is 6.92 Å². The first-order valence-corrected chi connectivity index (χ1v) is 6.80. The zero-order chi connectivity index (χ0) is 15.3.